The van der Waals surface area contributed by atoms with Crippen LogP contribution in [0.2, 0.25) is 0 Å². The number of aromatic nitrogens is 1. The third-order valence-electron chi connectivity index (χ3n) is 4.67. The van der Waals surface area contributed by atoms with Crippen LogP contribution in [0.15, 0.2) is 30.5 Å². The quantitative estimate of drug-likeness (QED) is 0.944. The zero-order valence-electron chi connectivity index (χ0n) is 13.4. The van der Waals surface area contributed by atoms with Crippen LogP contribution in [-0.4, -0.2) is 43.2 Å². The van der Waals surface area contributed by atoms with Crippen molar-refractivity contribution in [3.8, 4) is 0 Å². The van der Waals surface area contributed by atoms with E-state index in [1.54, 1.807) is 0 Å². The van der Waals surface area contributed by atoms with Gasteiger partial charge in [-0.3, -0.25) is 0 Å². The van der Waals surface area contributed by atoms with Gasteiger partial charge in [-0.05, 0) is 23.9 Å². The Balaban J connectivity index is 1.46. The minimum Gasteiger partial charge on any atom is -0.381 e. The molecule has 2 aliphatic rings. The lowest BCUT2D eigenvalue weighted by Crippen LogP contribution is -2.38. The average Bonchev–Trinajstić information content (AvgIpc) is 2.96. The van der Waals surface area contributed by atoms with Crippen LogP contribution in [0, 0.1) is 6.92 Å². The Morgan fingerprint density at radius 2 is 2.13 bits per heavy atom. The number of nitrogens with zero attached hydrogens (tertiary/aromatic N) is 1. The topological polar surface area (TPSA) is 52.6 Å². The summed E-state index contributed by atoms with van der Waals surface area (Å²) in [5, 5.41) is 5.82. The van der Waals surface area contributed by atoms with E-state index in [1.165, 1.54) is 16.3 Å². The monoisotopic (exact) mass is 314 g/mol. The molecule has 2 aliphatic heterocycles. The summed E-state index contributed by atoms with van der Waals surface area (Å²) in [6.45, 7) is 4.86. The Kier molecular flexibility index (Phi) is 3.93. The maximum absolute atomic E-state index is 6.16. The molecule has 1 aromatic heterocycles. The summed E-state index contributed by atoms with van der Waals surface area (Å²) in [6.07, 6.45) is 3.52. The molecule has 4 rings (SSSR count). The van der Waals surface area contributed by atoms with Gasteiger partial charge in [-0.15, -0.1) is 0 Å². The standard InChI is InChI=1S/C18H22N2O3/c1-13-3-2-4-14-5-8-19-17(16(13)14)20-11-15-12-22-18(23-15)6-9-21-10-7-18/h2-5,8,15H,6-7,9-12H2,1H3,(H,19,20). The highest BCUT2D eigenvalue weighted by Crippen LogP contribution is 2.33. The van der Waals surface area contributed by atoms with Gasteiger partial charge in [0.2, 0.25) is 0 Å². The predicted molar refractivity (Wildman–Crippen MR) is 88.6 cm³/mol. The minimum atomic E-state index is -0.424. The lowest BCUT2D eigenvalue weighted by Gasteiger charge is -2.31. The van der Waals surface area contributed by atoms with Gasteiger partial charge in [0.25, 0.3) is 0 Å². The first-order chi connectivity index (χ1) is 11.3. The van der Waals surface area contributed by atoms with Crippen molar-refractivity contribution in [2.24, 2.45) is 0 Å². The zero-order valence-corrected chi connectivity index (χ0v) is 13.4. The number of aryl methyl sites for hydroxylation is 1. The Bertz CT molecular complexity index is 692. The molecule has 1 spiro atoms. The van der Waals surface area contributed by atoms with Crippen molar-refractivity contribution in [3.63, 3.8) is 0 Å². The lowest BCUT2D eigenvalue weighted by atomic mass is 10.1. The van der Waals surface area contributed by atoms with Crippen LogP contribution in [0.3, 0.4) is 0 Å². The Hall–Kier alpha value is -1.69. The van der Waals surface area contributed by atoms with Gasteiger partial charge in [0.1, 0.15) is 11.9 Å². The summed E-state index contributed by atoms with van der Waals surface area (Å²) >= 11 is 0. The van der Waals surface area contributed by atoms with Gasteiger partial charge < -0.3 is 19.5 Å². The van der Waals surface area contributed by atoms with Crippen LogP contribution in [0.1, 0.15) is 18.4 Å². The number of hydrogen-bond donors (Lipinski definition) is 1. The van der Waals surface area contributed by atoms with E-state index in [4.69, 9.17) is 14.2 Å². The first-order valence-electron chi connectivity index (χ1n) is 8.23. The largest absolute Gasteiger partial charge is 0.381 e. The van der Waals surface area contributed by atoms with Crippen molar-refractivity contribution in [1.29, 1.82) is 0 Å². The van der Waals surface area contributed by atoms with Crippen molar-refractivity contribution >= 4 is 16.6 Å². The molecule has 2 saturated heterocycles. The van der Waals surface area contributed by atoms with E-state index in [0.717, 1.165) is 18.7 Å². The van der Waals surface area contributed by atoms with Crippen molar-refractivity contribution in [2.75, 3.05) is 31.7 Å². The highest BCUT2D eigenvalue weighted by Gasteiger charge is 2.42. The molecule has 1 atom stereocenters. The number of rotatable bonds is 3. The SMILES string of the molecule is Cc1cccc2ccnc(NCC3COC4(CCOCC4)O3)c12. The first-order valence-corrected chi connectivity index (χ1v) is 8.23. The first kappa shape index (κ1) is 14.9. The maximum Gasteiger partial charge on any atom is 0.173 e. The number of hydrogen-bond acceptors (Lipinski definition) is 5. The van der Waals surface area contributed by atoms with E-state index >= 15 is 0 Å². The second kappa shape index (κ2) is 6.07. The predicted octanol–water partition coefficient (Wildman–Crippen LogP) is 2.88. The normalized spacial score (nSPS) is 23.4. The second-order valence-electron chi connectivity index (χ2n) is 6.29. The lowest BCUT2D eigenvalue weighted by molar-refractivity contribution is -0.209. The Morgan fingerprint density at radius 3 is 3.00 bits per heavy atom. The fraction of sp³-hybridized carbons (Fsp3) is 0.500. The van der Waals surface area contributed by atoms with Crippen LogP contribution in [-0.2, 0) is 14.2 Å². The average molecular weight is 314 g/mol. The van der Waals surface area contributed by atoms with Crippen molar-refractivity contribution < 1.29 is 14.2 Å². The third kappa shape index (κ3) is 2.92. The molecule has 0 bridgehead atoms. The van der Waals surface area contributed by atoms with E-state index in [2.05, 4.69) is 35.4 Å². The molecule has 3 heterocycles. The minimum absolute atomic E-state index is 0.0502. The van der Waals surface area contributed by atoms with Gasteiger partial charge in [-0.2, -0.15) is 0 Å². The molecule has 0 saturated carbocycles. The Morgan fingerprint density at radius 1 is 1.26 bits per heavy atom. The molecule has 2 aromatic rings. The highest BCUT2D eigenvalue weighted by molar-refractivity contribution is 5.94. The van der Waals surface area contributed by atoms with Gasteiger partial charge >= 0.3 is 0 Å². The molecule has 1 unspecified atom stereocenters. The third-order valence-corrected chi connectivity index (χ3v) is 4.67. The van der Waals surface area contributed by atoms with Crippen molar-refractivity contribution in [2.45, 2.75) is 31.7 Å². The number of nitrogens with one attached hydrogen (secondary N) is 1. The van der Waals surface area contributed by atoms with Crippen molar-refractivity contribution in [1.82, 2.24) is 4.98 Å². The van der Waals surface area contributed by atoms with Crippen molar-refractivity contribution in [3.05, 3.63) is 36.0 Å². The fourth-order valence-electron chi connectivity index (χ4n) is 3.42. The molecule has 2 fully saturated rings. The smallest absolute Gasteiger partial charge is 0.173 e. The maximum atomic E-state index is 6.16. The molecule has 1 N–H and O–H groups in total. The van der Waals surface area contributed by atoms with Gasteiger partial charge in [0.15, 0.2) is 5.79 Å². The number of anilines is 1. The second-order valence-corrected chi connectivity index (χ2v) is 6.29. The fourth-order valence-corrected chi connectivity index (χ4v) is 3.42. The Labute approximate surface area is 135 Å². The molecule has 0 aliphatic carbocycles. The summed E-state index contributed by atoms with van der Waals surface area (Å²) in [6, 6.07) is 8.34. The molecule has 23 heavy (non-hydrogen) atoms. The number of benzene rings is 1. The summed E-state index contributed by atoms with van der Waals surface area (Å²) in [7, 11) is 0. The van der Waals surface area contributed by atoms with Gasteiger partial charge in [0, 0.05) is 31.0 Å². The van der Waals surface area contributed by atoms with E-state index in [9.17, 15) is 0 Å². The van der Waals surface area contributed by atoms with Crippen LogP contribution < -0.4 is 5.32 Å². The van der Waals surface area contributed by atoms with Gasteiger partial charge in [0.05, 0.1) is 19.8 Å². The zero-order chi connectivity index (χ0) is 15.7. The molecular weight excluding hydrogens is 292 g/mol. The summed E-state index contributed by atoms with van der Waals surface area (Å²) in [4.78, 5) is 4.51. The molecular formula is C18H22N2O3. The van der Waals surface area contributed by atoms with E-state index in [0.29, 0.717) is 26.4 Å². The van der Waals surface area contributed by atoms with Crippen LogP contribution in [0.5, 0.6) is 0 Å². The van der Waals surface area contributed by atoms with Crippen LogP contribution in [0.4, 0.5) is 5.82 Å². The summed E-state index contributed by atoms with van der Waals surface area (Å²) < 4.78 is 17.5. The van der Waals surface area contributed by atoms with Gasteiger partial charge in [-0.1, -0.05) is 18.2 Å². The molecule has 0 radical (unpaired) electrons. The molecule has 122 valence electrons. The van der Waals surface area contributed by atoms with E-state index in [1.807, 2.05) is 12.3 Å². The molecule has 5 heteroatoms. The summed E-state index contributed by atoms with van der Waals surface area (Å²) in [5.41, 5.74) is 1.22. The number of ether oxygens (including phenoxy) is 3. The van der Waals surface area contributed by atoms with E-state index in [-0.39, 0.29) is 6.10 Å². The van der Waals surface area contributed by atoms with E-state index < -0.39 is 5.79 Å². The summed E-state index contributed by atoms with van der Waals surface area (Å²) in [5.74, 6) is 0.490. The number of fused-ring (bicyclic) bond motifs is 1. The number of pyridine rings is 1. The molecule has 5 nitrogen and oxygen atoms in total. The highest BCUT2D eigenvalue weighted by atomic mass is 16.7. The molecule has 0 amide bonds. The van der Waals surface area contributed by atoms with Gasteiger partial charge in [-0.25, -0.2) is 4.98 Å². The van der Waals surface area contributed by atoms with Crippen LogP contribution in [0.25, 0.3) is 10.8 Å². The van der Waals surface area contributed by atoms with Crippen LogP contribution >= 0.6 is 0 Å². The molecule has 1 aromatic carbocycles.